The molecule has 1 aliphatic rings. The monoisotopic (exact) mass is 206 g/mol. The van der Waals surface area contributed by atoms with E-state index in [4.69, 9.17) is 14.7 Å². The maximum atomic E-state index is 7.23. The van der Waals surface area contributed by atoms with Crippen LogP contribution in [0.5, 0.6) is 0 Å². The van der Waals surface area contributed by atoms with Crippen LogP contribution in [0.3, 0.4) is 0 Å². The fourth-order valence-corrected chi connectivity index (χ4v) is 2.83. The van der Waals surface area contributed by atoms with Crippen molar-refractivity contribution in [3.63, 3.8) is 0 Å². The molecule has 0 spiro atoms. The molecule has 3 N–H and O–H groups in total. The van der Waals surface area contributed by atoms with E-state index in [-0.39, 0.29) is 29.6 Å². The van der Waals surface area contributed by atoms with Gasteiger partial charge in [-0.3, -0.25) is 0 Å². The van der Waals surface area contributed by atoms with Gasteiger partial charge in [-0.25, -0.2) is 0 Å². The van der Waals surface area contributed by atoms with Crippen LogP contribution in [0.1, 0.15) is 19.3 Å². The topological polar surface area (TPSA) is 60.7 Å². The van der Waals surface area contributed by atoms with Crippen LogP contribution in [0.15, 0.2) is 0 Å². The van der Waals surface area contributed by atoms with E-state index in [0.717, 1.165) is 0 Å². The third-order valence-electron chi connectivity index (χ3n) is 1.50. The Morgan fingerprint density at radius 1 is 0.909 bits per heavy atom. The summed E-state index contributed by atoms with van der Waals surface area (Å²) in [6.45, 7) is 0. The Morgan fingerprint density at radius 2 is 1.27 bits per heavy atom. The second-order valence-electron chi connectivity index (χ2n) is 2.39. The molecule has 0 radical (unpaired) electrons. The molecule has 1 aliphatic heterocycles. The minimum atomic E-state index is -2.62. The van der Waals surface area contributed by atoms with E-state index >= 15 is 0 Å². The van der Waals surface area contributed by atoms with E-state index in [0.29, 0.717) is 9.52 Å². The normalized spacial score (nSPS) is 16.4. The molecule has 11 heavy (non-hydrogen) atoms. The first-order chi connectivity index (χ1) is 4.73. The molecule has 64 valence electrons. The summed E-state index contributed by atoms with van der Waals surface area (Å²) < 4.78 is 0. The van der Waals surface area contributed by atoms with Crippen LogP contribution in [-0.2, 0) is 0 Å². The average molecular weight is 206 g/mol. The zero-order chi connectivity index (χ0) is 7.82. The Balaban J connectivity index is 0. The van der Waals surface area contributed by atoms with Crippen LogP contribution < -0.4 is 0 Å². The molecule has 0 bridgehead atoms. The van der Waals surface area contributed by atoms with Gasteiger partial charge in [0, 0.05) is 9.52 Å². The van der Waals surface area contributed by atoms with Crippen LogP contribution >= 0.6 is 8.60 Å². The van der Waals surface area contributed by atoms with Gasteiger partial charge in [-0.05, 0) is 0 Å². The van der Waals surface area contributed by atoms with Crippen LogP contribution in [0.25, 0.3) is 0 Å². The van der Waals surface area contributed by atoms with Crippen LogP contribution in [0.4, 0.5) is 0 Å². The Bertz CT molecular complexity index is 58.5. The first-order valence-electron chi connectivity index (χ1n) is 3.60. The van der Waals surface area contributed by atoms with Crippen molar-refractivity contribution in [3.05, 3.63) is 0 Å². The van der Waals surface area contributed by atoms with Gasteiger partial charge in [0.1, 0.15) is 0 Å². The van der Waals surface area contributed by atoms with E-state index in [1.165, 1.54) is 6.42 Å². The molecule has 0 unspecified atom stereocenters. The van der Waals surface area contributed by atoms with E-state index in [2.05, 4.69) is 0 Å². The summed E-state index contributed by atoms with van der Waals surface area (Å²) in [6.07, 6.45) is 4.66. The van der Waals surface area contributed by atoms with Crippen molar-refractivity contribution in [1.29, 1.82) is 0 Å². The van der Waals surface area contributed by atoms with Crippen molar-refractivity contribution in [2.45, 2.75) is 31.4 Å². The zero-order valence-corrected chi connectivity index (χ0v) is 8.34. The number of hydrogen-bond donors (Lipinski definition) is 3. The molecule has 0 aromatic heterocycles. The molecular weight excluding hydrogens is 190 g/mol. The van der Waals surface area contributed by atoms with Gasteiger partial charge in [-0.1, -0.05) is 31.4 Å². The first-order valence-corrected chi connectivity index (χ1v) is 6.80. The van der Waals surface area contributed by atoms with Crippen LogP contribution in [-0.4, -0.2) is 53.8 Å². The summed E-state index contributed by atoms with van der Waals surface area (Å²) in [5, 5.41) is 0. The van der Waals surface area contributed by atoms with Gasteiger partial charge in [-0.15, -0.1) is 0 Å². The van der Waals surface area contributed by atoms with Gasteiger partial charge in [0.25, 0.3) is 0 Å². The number of rotatable bonds is 0. The summed E-state index contributed by atoms with van der Waals surface area (Å²) in [5.74, 6) is 0. The van der Waals surface area contributed by atoms with Crippen molar-refractivity contribution >= 4 is 47.7 Å². The van der Waals surface area contributed by atoms with Gasteiger partial charge >= 0.3 is 38.2 Å². The van der Waals surface area contributed by atoms with Gasteiger partial charge in [0.2, 0.25) is 0 Å². The summed E-state index contributed by atoms with van der Waals surface area (Å²) in [6, 6.07) is 3.28. The van der Waals surface area contributed by atoms with E-state index in [1.54, 1.807) is 24.9 Å². The van der Waals surface area contributed by atoms with Gasteiger partial charge < -0.3 is 14.7 Å². The summed E-state index contributed by atoms with van der Waals surface area (Å²) in [7, 11) is -2.11. The molecule has 0 aromatic carbocycles. The fourth-order valence-electron chi connectivity index (χ4n) is 1.06. The van der Waals surface area contributed by atoms with Crippen molar-refractivity contribution < 1.29 is 14.7 Å². The Hall–Kier alpha value is 1.53. The molecule has 1 fully saturated rings. The predicted octanol–water partition coefficient (Wildman–Crippen LogP) is -0.283. The molecule has 3 nitrogen and oxygen atoms in total. The second kappa shape index (κ2) is 11.5. The molecule has 0 aromatic rings. The molecule has 1 rings (SSSR count). The zero-order valence-electron chi connectivity index (χ0n) is 6.03. The first kappa shape index (κ1) is 15.0. The molecule has 0 saturated carbocycles. The summed E-state index contributed by atoms with van der Waals surface area (Å²) >= 11 is 0. The third-order valence-corrected chi connectivity index (χ3v) is 3.50. The SMILES string of the molecule is C1CC[SiH2]CC1.OP(O)O.[NaH]. The summed E-state index contributed by atoms with van der Waals surface area (Å²) in [5.41, 5.74) is 0. The average Bonchev–Trinajstić information content (AvgIpc) is 1.90. The molecule has 1 heterocycles. The predicted molar refractivity (Wildman–Crippen MR) is 52.7 cm³/mol. The van der Waals surface area contributed by atoms with Crippen LogP contribution in [0.2, 0.25) is 12.1 Å². The molecule has 0 aliphatic carbocycles. The summed E-state index contributed by atoms with van der Waals surface area (Å²) in [4.78, 5) is 21.7. The third kappa shape index (κ3) is 18.5. The maximum absolute atomic E-state index is 7.23. The molecule has 6 heteroatoms. The molecular formula is C5H16NaO3PSi. The fraction of sp³-hybridized carbons (Fsp3) is 1.00. The van der Waals surface area contributed by atoms with Crippen molar-refractivity contribution in [3.8, 4) is 0 Å². The van der Waals surface area contributed by atoms with E-state index in [1.807, 2.05) is 0 Å². The molecule has 1 saturated heterocycles. The Labute approximate surface area is 93.3 Å². The van der Waals surface area contributed by atoms with Crippen molar-refractivity contribution in [2.75, 3.05) is 0 Å². The van der Waals surface area contributed by atoms with Gasteiger partial charge in [0.05, 0.1) is 0 Å². The van der Waals surface area contributed by atoms with Gasteiger partial charge in [0.15, 0.2) is 0 Å². The van der Waals surface area contributed by atoms with Crippen molar-refractivity contribution in [2.24, 2.45) is 0 Å². The second-order valence-corrected chi connectivity index (χ2v) is 5.05. The van der Waals surface area contributed by atoms with E-state index < -0.39 is 8.60 Å². The number of hydrogen-bond acceptors (Lipinski definition) is 3. The quantitative estimate of drug-likeness (QED) is 0.377. The molecule has 0 amide bonds. The van der Waals surface area contributed by atoms with E-state index in [9.17, 15) is 0 Å². The Kier molecular flexibility index (Phi) is 15.7. The molecule has 0 atom stereocenters. The minimum absolute atomic E-state index is 0. The standard InChI is InChI=1S/C5H12Si.Na.H3O3P.H/c1-2-4-6-5-3-1;;1-4(2)3;/h1-6H2;;1-3H;. The van der Waals surface area contributed by atoms with Crippen LogP contribution in [0, 0.1) is 0 Å². The van der Waals surface area contributed by atoms with Gasteiger partial charge in [-0.2, -0.15) is 0 Å². The Morgan fingerprint density at radius 3 is 1.36 bits per heavy atom. The van der Waals surface area contributed by atoms with Crippen molar-refractivity contribution in [1.82, 2.24) is 0 Å².